The number of morpholine rings is 1. The molecule has 0 radical (unpaired) electrons. The third-order valence-corrected chi connectivity index (χ3v) is 5.01. The number of H-pyrrole nitrogens is 2. The standard InChI is InChI=1S/C20H21N7O/c1-12-9-27(10-13(2)28-12)19-8-18(21-11-22-19)20-15-7-14(16-5-6-23-24-16)3-4-17(15)25-26-20/h3-8,11-13H,9-10H2,1-2H3,(H,23,24)(H,25,26)/t12-,13+. The maximum Gasteiger partial charge on any atom is 0.132 e. The van der Waals surface area contributed by atoms with Crippen molar-refractivity contribution < 1.29 is 4.74 Å². The van der Waals surface area contributed by atoms with Crippen molar-refractivity contribution in [3.8, 4) is 22.6 Å². The molecule has 5 rings (SSSR count). The first-order valence-corrected chi connectivity index (χ1v) is 9.38. The molecule has 2 N–H and O–H groups in total. The van der Waals surface area contributed by atoms with E-state index in [2.05, 4.69) is 55.2 Å². The zero-order valence-electron chi connectivity index (χ0n) is 15.8. The summed E-state index contributed by atoms with van der Waals surface area (Å²) in [5.41, 5.74) is 4.60. The van der Waals surface area contributed by atoms with E-state index in [0.717, 1.165) is 52.5 Å². The number of benzene rings is 1. The molecule has 1 aliphatic heterocycles. The Morgan fingerprint density at radius 3 is 2.68 bits per heavy atom. The summed E-state index contributed by atoms with van der Waals surface area (Å²) < 4.78 is 5.84. The van der Waals surface area contributed by atoms with Crippen LogP contribution < -0.4 is 4.90 Å². The highest BCUT2D eigenvalue weighted by atomic mass is 16.5. The molecule has 2 atom stereocenters. The van der Waals surface area contributed by atoms with Gasteiger partial charge in [0.2, 0.25) is 0 Å². The van der Waals surface area contributed by atoms with E-state index in [0.29, 0.717) is 0 Å². The Balaban J connectivity index is 1.54. The van der Waals surface area contributed by atoms with Crippen molar-refractivity contribution in [3.63, 3.8) is 0 Å². The predicted molar refractivity (Wildman–Crippen MR) is 107 cm³/mol. The lowest BCUT2D eigenvalue weighted by Crippen LogP contribution is -2.45. The molecule has 4 heterocycles. The molecule has 0 bridgehead atoms. The van der Waals surface area contributed by atoms with E-state index in [1.54, 1.807) is 12.5 Å². The van der Waals surface area contributed by atoms with Crippen LogP contribution >= 0.6 is 0 Å². The average molecular weight is 375 g/mol. The Hall–Kier alpha value is -3.26. The Kier molecular flexibility index (Phi) is 4.05. The molecule has 8 nitrogen and oxygen atoms in total. The molecule has 1 fully saturated rings. The van der Waals surface area contributed by atoms with Gasteiger partial charge in [0.05, 0.1) is 29.1 Å². The van der Waals surface area contributed by atoms with Gasteiger partial charge in [-0.25, -0.2) is 9.97 Å². The summed E-state index contributed by atoms with van der Waals surface area (Å²) in [7, 11) is 0. The summed E-state index contributed by atoms with van der Waals surface area (Å²) in [6, 6.07) is 10.1. The topological polar surface area (TPSA) is 95.6 Å². The lowest BCUT2D eigenvalue weighted by Gasteiger charge is -2.36. The normalized spacial score (nSPS) is 20.0. The van der Waals surface area contributed by atoms with Crippen molar-refractivity contribution >= 4 is 16.7 Å². The number of nitrogens with zero attached hydrogens (tertiary/aromatic N) is 5. The molecule has 0 spiro atoms. The van der Waals surface area contributed by atoms with Crippen LogP contribution in [0.3, 0.4) is 0 Å². The number of nitrogens with one attached hydrogen (secondary N) is 2. The highest BCUT2D eigenvalue weighted by molar-refractivity contribution is 5.94. The number of ether oxygens (including phenoxy) is 1. The number of hydrogen-bond donors (Lipinski definition) is 2. The summed E-state index contributed by atoms with van der Waals surface area (Å²) in [4.78, 5) is 11.2. The van der Waals surface area contributed by atoms with Crippen molar-refractivity contribution in [2.75, 3.05) is 18.0 Å². The van der Waals surface area contributed by atoms with Gasteiger partial charge < -0.3 is 9.64 Å². The Morgan fingerprint density at radius 2 is 1.89 bits per heavy atom. The van der Waals surface area contributed by atoms with Crippen molar-refractivity contribution in [3.05, 3.63) is 42.9 Å². The van der Waals surface area contributed by atoms with Crippen LogP contribution in [0, 0.1) is 0 Å². The maximum absolute atomic E-state index is 5.84. The molecule has 0 aliphatic carbocycles. The summed E-state index contributed by atoms with van der Waals surface area (Å²) in [6.07, 6.45) is 3.70. The Morgan fingerprint density at radius 1 is 1.04 bits per heavy atom. The van der Waals surface area contributed by atoms with Crippen LogP contribution in [0.15, 0.2) is 42.9 Å². The van der Waals surface area contributed by atoms with Crippen molar-refractivity contribution in [2.24, 2.45) is 0 Å². The largest absolute Gasteiger partial charge is 0.372 e. The maximum atomic E-state index is 5.84. The van der Waals surface area contributed by atoms with Gasteiger partial charge in [-0.05, 0) is 32.0 Å². The molecular formula is C20H21N7O. The van der Waals surface area contributed by atoms with Gasteiger partial charge in [-0.3, -0.25) is 10.2 Å². The first kappa shape index (κ1) is 16.9. The van der Waals surface area contributed by atoms with Gasteiger partial charge in [0, 0.05) is 36.3 Å². The van der Waals surface area contributed by atoms with E-state index in [-0.39, 0.29) is 12.2 Å². The molecule has 1 aromatic carbocycles. The van der Waals surface area contributed by atoms with Gasteiger partial charge in [-0.15, -0.1) is 0 Å². The van der Waals surface area contributed by atoms with Gasteiger partial charge >= 0.3 is 0 Å². The summed E-state index contributed by atoms with van der Waals surface area (Å²) in [5, 5.41) is 15.7. The van der Waals surface area contributed by atoms with E-state index >= 15 is 0 Å². The van der Waals surface area contributed by atoms with Gasteiger partial charge in [0.25, 0.3) is 0 Å². The van der Waals surface area contributed by atoms with Crippen LogP contribution in [-0.4, -0.2) is 55.7 Å². The van der Waals surface area contributed by atoms with Crippen molar-refractivity contribution in [2.45, 2.75) is 26.1 Å². The second-order valence-electron chi connectivity index (χ2n) is 7.23. The quantitative estimate of drug-likeness (QED) is 0.571. The monoisotopic (exact) mass is 375 g/mol. The molecule has 1 aliphatic rings. The Labute approximate surface area is 162 Å². The average Bonchev–Trinajstić information content (AvgIpc) is 3.37. The molecule has 8 heteroatoms. The number of rotatable bonds is 3. The second-order valence-corrected chi connectivity index (χ2v) is 7.23. The highest BCUT2D eigenvalue weighted by Crippen LogP contribution is 2.30. The van der Waals surface area contributed by atoms with Crippen molar-refractivity contribution in [1.82, 2.24) is 30.4 Å². The Bertz CT molecular complexity index is 1090. The van der Waals surface area contributed by atoms with Crippen LogP contribution in [0.25, 0.3) is 33.5 Å². The smallest absolute Gasteiger partial charge is 0.132 e. The second kappa shape index (κ2) is 6.72. The predicted octanol–water partition coefficient (Wildman–Crippen LogP) is 3.02. The van der Waals surface area contributed by atoms with Gasteiger partial charge in [-0.2, -0.15) is 10.2 Å². The van der Waals surface area contributed by atoms with Crippen molar-refractivity contribution in [1.29, 1.82) is 0 Å². The van der Waals surface area contributed by atoms with Gasteiger partial charge in [0.1, 0.15) is 17.8 Å². The third-order valence-electron chi connectivity index (χ3n) is 5.01. The molecule has 142 valence electrons. The fraction of sp³-hybridized carbons (Fsp3) is 0.300. The summed E-state index contributed by atoms with van der Waals surface area (Å²) in [5.74, 6) is 0.896. The van der Waals surface area contributed by atoms with Crippen LogP contribution in [0.2, 0.25) is 0 Å². The molecule has 0 saturated carbocycles. The SMILES string of the molecule is C[C@@H]1CN(c2cc(-c3n[nH]c4ccc(-c5ccn[nH]5)cc34)ncn2)C[C@H](C)O1. The fourth-order valence-corrected chi connectivity index (χ4v) is 3.81. The van der Waals surface area contributed by atoms with E-state index in [1.807, 2.05) is 24.3 Å². The first-order valence-electron chi connectivity index (χ1n) is 9.38. The summed E-state index contributed by atoms with van der Waals surface area (Å²) >= 11 is 0. The zero-order chi connectivity index (χ0) is 19.1. The minimum Gasteiger partial charge on any atom is -0.372 e. The number of anilines is 1. The minimum absolute atomic E-state index is 0.172. The molecule has 28 heavy (non-hydrogen) atoms. The van der Waals surface area contributed by atoms with E-state index in [4.69, 9.17) is 4.74 Å². The first-order chi connectivity index (χ1) is 13.7. The van der Waals surface area contributed by atoms with E-state index in [9.17, 15) is 0 Å². The molecule has 3 aromatic heterocycles. The van der Waals surface area contributed by atoms with Gasteiger partial charge in [0.15, 0.2) is 0 Å². The number of hydrogen-bond acceptors (Lipinski definition) is 6. The fourth-order valence-electron chi connectivity index (χ4n) is 3.81. The summed E-state index contributed by atoms with van der Waals surface area (Å²) in [6.45, 7) is 5.80. The lowest BCUT2D eigenvalue weighted by molar-refractivity contribution is -0.00546. The minimum atomic E-state index is 0.172. The molecule has 0 amide bonds. The van der Waals surface area contributed by atoms with Gasteiger partial charge in [-0.1, -0.05) is 6.07 Å². The molecule has 1 saturated heterocycles. The number of fused-ring (bicyclic) bond motifs is 1. The number of aromatic amines is 2. The highest BCUT2D eigenvalue weighted by Gasteiger charge is 2.24. The molecular weight excluding hydrogens is 354 g/mol. The van der Waals surface area contributed by atoms with Crippen LogP contribution in [-0.2, 0) is 4.74 Å². The third kappa shape index (κ3) is 3.01. The van der Waals surface area contributed by atoms with E-state index in [1.165, 1.54) is 0 Å². The number of aromatic nitrogens is 6. The van der Waals surface area contributed by atoms with Crippen LogP contribution in [0.5, 0.6) is 0 Å². The van der Waals surface area contributed by atoms with Crippen LogP contribution in [0.1, 0.15) is 13.8 Å². The van der Waals surface area contributed by atoms with E-state index < -0.39 is 0 Å². The zero-order valence-corrected chi connectivity index (χ0v) is 15.8. The molecule has 0 unspecified atom stereocenters. The molecule has 4 aromatic rings. The lowest BCUT2D eigenvalue weighted by atomic mass is 10.1. The van der Waals surface area contributed by atoms with Crippen LogP contribution in [0.4, 0.5) is 5.82 Å².